The maximum absolute atomic E-state index is 12.9. The highest BCUT2D eigenvalue weighted by atomic mass is 32.2. The van der Waals surface area contributed by atoms with Gasteiger partial charge in [-0.1, -0.05) is 37.3 Å². The summed E-state index contributed by atoms with van der Waals surface area (Å²) in [6, 6.07) is 10.8. The van der Waals surface area contributed by atoms with Crippen LogP contribution in [0.2, 0.25) is 0 Å². The molecular formula is C37H52N6O6S2. The van der Waals surface area contributed by atoms with E-state index in [2.05, 4.69) is 51.0 Å². The van der Waals surface area contributed by atoms with E-state index in [4.69, 9.17) is 9.84 Å². The number of nitrogens with zero attached hydrogens (tertiary/aromatic N) is 5. The Kier molecular flexibility index (Phi) is 16.9. The molecule has 0 spiro atoms. The van der Waals surface area contributed by atoms with Crippen LogP contribution in [0.4, 0.5) is 0 Å². The van der Waals surface area contributed by atoms with Crippen molar-refractivity contribution in [2.45, 2.75) is 90.6 Å². The minimum atomic E-state index is -0.832. The number of aromatic nitrogens is 3. The van der Waals surface area contributed by atoms with Crippen LogP contribution in [0.15, 0.2) is 41.9 Å². The molecule has 1 aromatic carbocycles. The summed E-state index contributed by atoms with van der Waals surface area (Å²) in [5.74, 6) is 0.431. The zero-order valence-electron chi connectivity index (χ0n) is 29.9. The van der Waals surface area contributed by atoms with Gasteiger partial charge in [0.2, 0.25) is 11.8 Å². The first-order valence-corrected chi connectivity index (χ1v) is 20.1. The second-order valence-electron chi connectivity index (χ2n) is 12.7. The number of benzene rings is 1. The number of fused-ring (bicyclic) bond motifs is 1. The number of hydrogen-bond donors (Lipinski definition) is 2. The predicted octanol–water partition coefficient (Wildman–Crippen LogP) is 4.64. The Balaban J connectivity index is 1.16. The van der Waals surface area contributed by atoms with Gasteiger partial charge < -0.3 is 20.1 Å². The standard InChI is InChI=1S/C37H52N6O6S2/c1-3-18-41(19-15-31-10-7-22-51-31)30-13-14-32-28(25-30)8-5-11-33(32)49-37(48)27-43-26-29(39-40-43)9-6-12-34(44)38-17-20-42(35(45)4-2)21-24-50-23-16-36(46)47/h5,7-8,10-11,22,26,30H,3-4,6,9,12-21,23-25,27H2,1-2H3,(H,38,44)(H,46,47)/t30-/m1/s1. The lowest BCUT2D eigenvalue weighted by molar-refractivity contribution is -0.137. The average Bonchev–Trinajstić information content (AvgIpc) is 3.81. The van der Waals surface area contributed by atoms with Crippen LogP contribution in [-0.4, -0.2) is 104 Å². The van der Waals surface area contributed by atoms with Gasteiger partial charge in [0.15, 0.2) is 0 Å². The number of carbonyl (C=O) groups is 4. The lowest BCUT2D eigenvalue weighted by atomic mass is 9.86. The summed E-state index contributed by atoms with van der Waals surface area (Å²) in [4.78, 5) is 54.0. The average molecular weight is 741 g/mol. The number of carboxylic acid groups (broad SMARTS) is 1. The zero-order chi connectivity index (χ0) is 36.4. The van der Waals surface area contributed by atoms with Gasteiger partial charge >= 0.3 is 11.9 Å². The third kappa shape index (κ3) is 13.7. The number of aliphatic carboxylic acids is 1. The fourth-order valence-corrected chi connectivity index (χ4v) is 7.89. The number of carbonyl (C=O) groups excluding carboxylic acids is 3. The van der Waals surface area contributed by atoms with Crippen LogP contribution in [0.1, 0.15) is 74.1 Å². The fraction of sp³-hybridized carbons (Fsp3) is 0.568. The van der Waals surface area contributed by atoms with Crippen molar-refractivity contribution in [3.63, 3.8) is 0 Å². The van der Waals surface area contributed by atoms with Gasteiger partial charge in [0.05, 0.1) is 12.1 Å². The van der Waals surface area contributed by atoms with E-state index in [-0.39, 0.29) is 24.8 Å². The first-order valence-electron chi connectivity index (χ1n) is 18.1. The number of esters is 1. The van der Waals surface area contributed by atoms with Gasteiger partial charge in [-0.25, -0.2) is 9.48 Å². The minimum absolute atomic E-state index is 0.00156. The summed E-state index contributed by atoms with van der Waals surface area (Å²) >= 11 is 3.32. The Morgan fingerprint density at radius 1 is 1.06 bits per heavy atom. The second-order valence-corrected chi connectivity index (χ2v) is 15.0. The lowest BCUT2D eigenvalue weighted by Gasteiger charge is -2.35. The SMILES string of the molecule is CCCN(CCc1cccs1)[C@@H]1CCc2c(cccc2OC(=O)Cn2cc(CCCC(=O)NCCN(CCSCCC(=O)O)C(=O)CC)nn2)C1. The van der Waals surface area contributed by atoms with E-state index >= 15 is 0 Å². The molecule has 2 N–H and O–H groups in total. The summed E-state index contributed by atoms with van der Waals surface area (Å²) in [5.41, 5.74) is 3.05. The number of thiophene rings is 1. The van der Waals surface area contributed by atoms with Crippen LogP contribution in [-0.2, 0) is 51.4 Å². The highest BCUT2D eigenvalue weighted by Gasteiger charge is 2.26. The van der Waals surface area contributed by atoms with Crippen molar-refractivity contribution < 1.29 is 29.0 Å². The Labute approximate surface area is 309 Å². The molecule has 0 aliphatic heterocycles. The number of nitrogens with one attached hydrogen (secondary N) is 1. The molecule has 1 aliphatic rings. The minimum Gasteiger partial charge on any atom is -0.481 e. The van der Waals surface area contributed by atoms with Crippen molar-refractivity contribution in [2.75, 3.05) is 44.2 Å². The van der Waals surface area contributed by atoms with E-state index < -0.39 is 11.9 Å². The molecule has 0 fully saturated rings. The molecule has 2 amide bonds. The molecule has 14 heteroatoms. The largest absolute Gasteiger partial charge is 0.481 e. The van der Waals surface area contributed by atoms with E-state index in [0.717, 1.165) is 50.8 Å². The zero-order valence-corrected chi connectivity index (χ0v) is 31.5. The number of thioether (sulfide) groups is 1. The van der Waals surface area contributed by atoms with E-state index in [1.807, 2.05) is 23.5 Å². The molecule has 1 aliphatic carbocycles. The summed E-state index contributed by atoms with van der Waals surface area (Å²) < 4.78 is 7.33. The van der Waals surface area contributed by atoms with E-state index in [0.29, 0.717) is 74.3 Å². The third-order valence-electron chi connectivity index (χ3n) is 8.93. The van der Waals surface area contributed by atoms with Gasteiger partial charge in [-0.05, 0) is 80.1 Å². The van der Waals surface area contributed by atoms with Gasteiger partial charge in [-0.15, -0.1) is 16.4 Å². The first-order chi connectivity index (χ1) is 24.7. The number of hydrogen-bond acceptors (Lipinski definition) is 10. The normalized spacial score (nSPS) is 13.9. The molecule has 278 valence electrons. The Hall–Kier alpha value is -3.75. The van der Waals surface area contributed by atoms with Gasteiger partial charge in [0.25, 0.3) is 0 Å². The van der Waals surface area contributed by atoms with Crippen LogP contribution >= 0.6 is 23.1 Å². The molecule has 0 radical (unpaired) electrons. The van der Waals surface area contributed by atoms with Crippen molar-refractivity contribution in [3.05, 3.63) is 63.6 Å². The van der Waals surface area contributed by atoms with Gasteiger partial charge in [-0.2, -0.15) is 11.8 Å². The second kappa shape index (κ2) is 21.6. The van der Waals surface area contributed by atoms with Crippen LogP contribution in [0.5, 0.6) is 5.75 Å². The highest BCUT2D eigenvalue weighted by molar-refractivity contribution is 7.99. The van der Waals surface area contributed by atoms with Crippen molar-refractivity contribution in [3.8, 4) is 5.75 Å². The predicted molar refractivity (Wildman–Crippen MR) is 200 cm³/mol. The molecule has 0 saturated heterocycles. The summed E-state index contributed by atoms with van der Waals surface area (Å²) in [7, 11) is 0. The van der Waals surface area contributed by atoms with Crippen molar-refractivity contribution >= 4 is 46.9 Å². The fourth-order valence-electron chi connectivity index (χ4n) is 6.32. The molecule has 0 saturated carbocycles. The van der Waals surface area contributed by atoms with E-state index in [9.17, 15) is 19.2 Å². The third-order valence-corrected chi connectivity index (χ3v) is 10.8. The highest BCUT2D eigenvalue weighted by Crippen LogP contribution is 2.32. The van der Waals surface area contributed by atoms with Gasteiger partial charge in [0.1, 0.15) is 12.3 Å². The van der Waals surface area contributed by atoms with Gasteiger partial charge in [0, 0.05) is 67.6 Å². The van der Waals surface area contributed by atoms with Crippen LogP contribution in [0, 0.1) is 0 Å². The lowest BCUT2D eigenvalue weighted by Crippen LogP contribution is -2.41. The molecule has 3 aromatic rings. The van der Waals surface area contributed by atoms with Crippen LogP contribution < -0.4 is 10.1 Å². The molecule has 2 heterocycles. The Morgan fingerprint density at radius 3 is 2.69 bits per heavy atom. The molecule has 4 rings (SSSR count). The van der Waals surface area contributed by atoms with Crippen molar-refractivity contribution in [1.29, 1.82) is 0 Å². The molecule has 0 unspecified atom stereocenters. The van der Waals surface area contributed by atoms with Crippen LogP contribution in [0.3, 0.4) is 0 Å². The van der Waals surface area contributed by atoms with E-state index in [1.54, 1.807) is 18.0 Å². The number of ether oxygens (including phenoxy) is 1. The summed E-state index contributed by atoms with van der Waals surface area (Å²) in [6.45, 7) is 7.37. The maximum atomic E-state index is 12.9. The maximum Gasteiger partial charge on any atom is 0.333 e. The van der Waals surface area contributed by atoms with Crippen LogP contribution in [0.25, 0.3) is 0 Å². The first kappa shape index (κ1) is 40.0. The van der Waals surface area contributed by atoms with E-state index in [1.165, 1.54) is 26.9 Å². The Bertz CT molecular complexity index is 1550. The number of aryl methyl sites for hydroxylation is 1. The molecule has 12 nitrogen and oxygen atoms in total. The smallest absolute Gasteiger partial charge is 0.333 e. The summed E-state index contributed by atoms with van der Waals surface area (Å²) in [5, 5.41) is 22.0. The molecular weight excluding hydrogens is 689 g/mol. The monoisotopic (exact) mass is 740 g/mol. The number of amides is 2. The quantitative estimate of drug-likeness (QED) is 0.0801. The summed E-state index contributed by atoms with van der Waals surface area (Å²) in [6.07, 6.45) is 8.61. The molecule has 0 bridgehead atoms. The number of rotatable bonds is 23. The van der Waals surface area contributed by atoms with Gasteiger partial charge in [-0.3, -0.25) is 19.3 Å². The molecule has 2 aromatic heterocycles. The Morgan fingerprint density at radius 2 is 1.92 bits per heavy atom. The molecule has 51 heavy (non-hydrogen) atoms. The topological polar surface area (TPSA) is 147 Å². The number of carboxylic acids is 1. The molecule has 1 atom stereocenters. The van der Waals surface area contributed by atoms with Crippen molar-refractivity contribution in [2.24, 2.45) is 0 Å². The van der Waals surface area contributed by atoms with Crippen molar-refractivity contribution in [1.82, 2.24) is 30.1 Å².